The van der Waals surface area contributed by atoms with Crippen LogP contribution in [0.15, 0.2) is 0 Å². The number of carbonyl (C=O) groups excluding carboxylic acids is 1. The molecule has 0 spiro atoms. The first-order valence-corrected chi connectivity index (χ1v) is 7.03. The molecule has 2 heterocycles. The molecule has 3 aliphatic rings. The van der Waals surface area contributed by atoms with Gasteiger partial charge < -0.3 is 0 Å². The fourth-order valence-electron chi connectivity index (χ4n) is 4.25. The van der Waals surface area contributed by atoms with Gasteiger partial charge in [0, 0.05) is 31.0 Å². The second kappa shape index (κ2) is 4.14. The van der Waals surface area contributed by atoms with Crippen LogP contribution in [0.4, 0.5) is 0 Å². The number of hydrogen-bond acceptors (Lipinski definition) is 2. The lowest BCUT2D eigenvalue weighted by molar-refractivity contribution is -0.128. The normalized spacial score (nSPS) is 44.9. The van der Waals surface area contributed by atoms with E-state index >= 15 is 0 Å². The molecule has 2 aliphatic heterocycles. The minimum Gasteiger partial charge on any atom is -0.300 e. The minimum absolute atomic E-state index is 0.525. The molecule has 2 heteroatoms. The van der Waals surface area contributed by atoms with E-state index in [1.165, 1.54) is 38.5 Å². The number of nitrogens with zero attached hydrogens (tertiary/aromatic N) is 1. The summed E-state index contributed by atoms with van der Waals surface area (Å²) in [5, 5.41) is 0. The van der Waals surface area contributed by atoms with Crippen LogP contribution in [0.5, 0.6) is 0 Å². The lowest BCUT2D eigenvalue weighted by Crippen LogP contribution is -2.56. The SMILES string of the molecule is CC1CCC(N2C3CCCC2CC(=O)C3)C1. The molecule has 3 rings (SSSR count). The third kappa shape index (κ3) is 1.81. The van der Waals surface area contributed by atoms with Crippen LogP contribution in [0.25, 0.3) is 0 Å². The van der Waals surface area contributed by atoms with Gasteiger partial charge in [-0.2, -0.15) is 0 Å². The molecule has 16 heavy (non-hydrogen) atoms. The molecular formula is C14H23NO. The van der Waals surface area contributed by atoms with Crippen molar-refractivity contribution in [2.45, 2.75) is 76.4 Å². The summed E-state index contributed by atoms with van der Waals surface area (Å²) < 4.78 is 0. The van der Waals surface area contributed by atoms with Gasteiger partial charge >= 0.3 is 0 Å². The highest BCUT2D eigenvalue weighted by Gasteiger charge is 2.42. The maximum atomic E-state index is 11.7. The number of ketones is 1. The van der Waals surface area contributed by atoms with E-state index in [2.05, 4.69) is 11.8 Å². The predicted molar refractivity (Wildman–Crippen MR) is 64.3 cm³/mol. The Hall–Kier alpha value is -0.370. The van der Waals surface area contributed by atoms with Crippen molar-refractivity contribution in [1.29, 1.82) is 0 Å². The summed E-state index contributed by atoms with van der Waals surface area (Å²) in [5.74, 6) is 1.43. The number of rotatable bonds is 1. The van der Waals surface area contributed by atoms with Gasteiger partial charge in [0.2, 0.25) is 0 Å². The van der Waals surface area contributed by atoms with Crippen LogP contribution in [0.3, 0.4) is 0 Å². The number of Topliss-reactive ketones (excluding diaryl/α,β-unsaturated/α-hetero) is 1. The van der Waals surface area contributed by atoms with Crippen molar-refractivity contribution in [2.75, 3.05) is 0 Å². The highest BCUT2D eigenvalue weighted by molar-refractivity contribution is 5.80. The van der Waals surface area contributed by atoms with Gasteiger partial charge in [0.1, 0.15) is 5.78 Å². The second-order valence-electron chi connectivity index (χ2n) is 6.20. The molecule has 0 aromatic rings. The minimum atomic E-state index is 0.525. The van der Waals surface area contributed by atoms with Gasteiger partial charge in [-0.1, -0.05) is 13.3 Å². The molecule has 0 radical (unpaired) electrons. The van der Waals surface area contributed by atoms with E-state index in [0.29, 0.717) is 17.9 Å². The third-order valence-electron chi connectivity index (χ3n) is 4.93. The van der Waals surface area contributed by atoms with Crippen LogP contribution in [0.2, 0.25) is 0 Å². The number of hydrogen-bond donors (Lipinski definition) is 0. The van der Waals surface area contributed by atoms with Crippen molar-refractivity contribution in [2.24, 2.45) is 5.92 Å². The van der Waals surface area contributed by atoms with Crippen LogP contribution in [0, 0.1) is 5.92 Å². The summed E-state index contributed by atoms with van der Waals surface area (Å²) in [7, 11) is 0. The Balaban J connectivity index is 1.76. The average Bonchev–Trinajstić information content (AvgIpc) is 2.63. The summed E-state index contributed by atoms with van der Waals surface area (Å²) in [6, 6.07) is 2.02. The molecule has 4 unspecified atom stereocenters. The molecular weight excluding hydrogens is 198 g/mol. The van der Waals surface area contributed by atoms with Crippen molar-refractivity contribution in [3.05, 3.63) is 0 Å². The Morgan fingerprint density at radius 2 is 1.69 bits per heavy atom. The zero-order valence-electron chi connectivity index (χ0n) is 10.3. The maximum Gasteiger partial charge on any atom is 0.136 e. The largest absolute Gasteiger partial charge is 0.300 e. The molecule has 0 N–H and O–H groups in total. The number of fused-ring (bicyclic) bond motifs is 2. The van der Waals surface area contributed by atoms with Gasteiger partial charge in [-0.15, -0.1) is 0 Å². The monoisotopic (exact) mass is 221 g/mol. The molecule has 2 bridgehead atoms. The summed E-state index contributed by atoms with van der Waals surface area (Å²) in [6.07, 6.45) is 9.74. The molecule has 1 saturated carbocycles. The first-order chi connectivity index (χ1) is 7.74. The van der Waals surface area contributed by atoms with Gasteiger partial charge in [-0.3, -0.25) is 9.69 Å². The maximum absolute atomic E-state index is 11.7. The van der Waals surface area contributed by atoms with E-state index in [1.807, 2.05) is 0 Å². The molecule has 0 amide bonds. The van der Waals surface area contributed by atoms with Crippen molar-refractivity contribution < 1.29 is 4.79 Å². The zero-order valence-corrected chi connectivity index (χ0v) is 10.3. The summed E-state index contributed by atoms with van der Waals surface area (Å²) in [5.41, 5.74) is 0. The Morgan fingerprint density at radius 3 is 2.25 bits per heavy atom. The third-order valence-corrected chi connectivity index (χ3v) is 4.93. The van der Waals surface area contributed by atoms with E-state index in [4.69, 9.17) is 0 Å². The molecule has 4 atom stereocenters. The number of piperidine rings is 2. The van der Waals surface area contributed by atoms with Gasteiger partial charge in [0.15, 0.2) is 0 Å². The molecule has 2 saturated heterocycles. The Labute approximate surface area is 98.4 Å². The average molecular weight is 221 g/mol. The van der Waals surface area contributed by atoms with E-state index < -0.39 is 0 Å². The van der Waals surface area contributed by atoms with Crippen molar-refractivity contribution in [1.82, 2.24) is 4.90 Å². The Bertz CT molecular complexity index is 272. The molecule has 90 valence electrons. The van der Waals surface area contributed by atoms with E-state index in [1.54, 1.807) is 0 Å². The van der Waals surface area contributed by atoms with Crippen LogP contribution >= 0.6 is 0 Å². The molecule has 3 fully saturated rings. The van der Waals surface area contributed by atoms with Crippen molar-refractivity contribution in [3.63, 3.8) is 0 Å². The predicted octanol–water partition coefficient (Wildman–Crippen LogP) is 2.76. The van der Waals surface area contributed by atoms with Gasteiger partial charge in [-0.25, -0.2) is 0 Å². The van der Waals surface area contributed by atoms with Crippen LogP contribution in [-0.4, -0.2) is 28.8 Å². The van der Waals surface area contributed by atoms with Crippen LogP contribution in [0.1, 0.15) is 58.3 Å². The van der Waals surface area contributed by atoms with E-state index in [0.717, 1.165) is 24.8 Å². The first kappa shape index (κ1) is 10.8. The van der Waals surface area contributed by atoms with Crippen LogP contribution < -0.4 is 0 Å². The van der Waals surface area contributed by atoms with E-state index in [9.17, 15) is 4.79 Å². The zero-order chi connectivity index (χ0) is 11.1. The molecule has 0 aromatic heterocycles. The van der Waals surface area contributed by atoms with Crippen LogP contribution in [-0.2, 0) is 4.79 Å². The molecule has 2 nitrogen and oxygen atoms in total. The second-order valence-corrected chi connectivity index (χ2v) is 6.20. The lowest BCUT2D eigenvalue weighted by atomic mass is 9.82. The number of carbonyl (C=O) groups is 1. The van der Waals surface area contributed by atoms with Gasteiger partial charge in [0.05, 0.1) is 0 Å². The standard InChI is InChI=1S/C14H23NO/c1-10-5-6-13(7-10)15-11-3-2-4-12(15)9-14(16)8-11/h10-13H,2-9H2,1H3. The smallest absolute Gasteiger partial charge is 0.136 e. The fourth-order valence-corrected chi connectivity index (χ4v) is 4.25. The first-order valence-electron chi connectivity index (χ1n) is 7.03. The lowest BCUT2D eigenvalue weighted by Gasteiger charge is -2.48. The molecule has 0 aromatic carbocycles. The van der Waals surface area contributed by atoms with Crippen molar-refractivity contribution in [3.8, 4) is 0 Å². The fraction of sp³-hybridized carbons (Fsp3) is 0.929. The van der Waals surface area contributed by atoms with Gasteiger partial charge in [-0.05, 0) is 38.0 Å². The summed E-state index contributed by atoms with van der Waals surface area (Å²) in [6.45, 7) is 2.38. The van der Waals surface area contributed by atoms with E-state index in [-0.39, 0.29) is 0 Å². The summed E-state index contributed by atoms with van der Waals surface area (Å²) in [4.78, 5) is 14.4. The highest BCUT2D eigenvalue weighted by Crippen LogP contribution is 2.39. The summed E-state index contributed by atoms with van der Waals surface area (Å²) >= 11 is 0. The highest BCUT2D eigenvalue weighted by atomic mass is 16.1. The van der Waals surface area contributed by atoms with Crippen molar-refractivity contribution >= 4 is 5.78 Å². The molecule has 1 aliphatic carbocycles. The topological polar surface area (TPSA) is 20.3 Å². The van der Waals surface area contributed by atoms with Gasteiger partial charge in [0.25, 0.3) is 0 Å². The quantitative estimate of drug-likeness (QED) is 0.678. The Morgan fingerprint density at radius 1 is 1.00 bits per heavy atom. The Kier molecular flexibility index (Phi) is 2.78.